The van der Waals surface area contributed by atoms with E-state index in [0.717, 1.165) is 11.1 Å². The van der Waals surface area contributed by atoms with Crippen LogP contribution in [0.25, 0.3) is 0 Å². The van der Waals surface area contributed by atoms with Gasteiger partial charge in [0.15, 0.2) is 11.9 Å². The molecule has 2 unspecified atom stereocenters. The number of ketones is 1. The lowest BCUT2D eigenvalue weighted by Gasteiger charge is -2.11. The standard InChI is InChI=1S/C22H17ClO3/c23-17-11-12-19(25-14-15-7-3-1-4-8-15)18(13-17)20(24)22-21(26-22)16-9-5-2-6-10-16/h1-13,21-22H,14H2. The smallest absolute Gasteiger partial charge is 0.198 e. The maximum Gasteiger partial charge on any atom is 0.198 e. The molecule has 0 N–H and O–H groups in total. The zero-order chi connectivity index (χ0) is 17.9. The summed E-state index contributed by atoms with van der Waals surface area (Å²) in [6, 6.07) is 24.7. The molecule has 2 atom stereocenters. The van der Waals surface area contributed by atoms with Crippen LogP contribution in [0, 0.1) is 0 Å². The van der Waals surface area contributed by atoms with Gasteiger partial charge in [-0.15, -0.1) is 0 Å². The second kappa shape index (κ2) is 7.32. The third kappa shape index (κ3) is 3.64. The first-order valence-electron chi connectivity index (χ1n) is 8.43. The number of rotatable bonds is 6. The first kappa shape index (κ1) is 16.8. The Bertz CT molecular complexity index is 909. The fraction of sp³-hybridized carbons (Fsp3) is 0.136. The van der Waals surface area contributed by atoms with Crippen LogP contribution in [-0.4, -0.2) is 11.9 Å². The third-order valence-corrected chi connectivity index (χ3v) is 4.56. The molecule has 1 heterocycles. The molecule has 3 aromatic carbocycles. The summed E-state index contributed by atoms with van der Waals surface area (Å²) in [5.74, 6) is 0.412. The SMILES string of the molecule is O=C(c1cc(Cl)ccc1OCc1ccccc1)C1OC1c1ccccc1. The zero-order valence-corrected chi connectivity index (χ0v) is 14.7. The summed E-state index contributed by atoms with van der Waals surface area (Å²) in [7, 11) is 0. The Morgan fingerprint density at radius 3 is 2.38 bits per heavy atom. The van der Waals surface area contributed by atoms with Crippen molar-refractivity contribution in [2.75, 3.05) is 0 Å². The number of carbonyl (C=O) groups is 1. The molecule has 0 bridgehead atoms. The predicted molar refractivity (Wildman–Crippen MR) is 101 cm³/mol. The highest BCUT2D eigenvalue weighted by atomic mass is 35.5. The van der Waals surface area contributed by atoms with Crippen molar-refractivity contribution in [2.45, 2.75) is 18.8 Å². The van der Waals surface area contributed by atoms with E-state index in [2.05, 4.69) is 0 Å². The van der Waals surface area contributed by atoms with Gasteiger partial charge in [-0.05, 0) is 29.3 Å². The van der Waals surface area contributed by atoms with Gasteiger partial charge in [0.2, 0.25) is 0 Å². The number of ether oxygens (including phenoxy) is 2. The van der Waals surface area contributed by atoms with Crippen LogP contribution in [0.2, 0.25) is 5.02 Å². The highest BCUT2D eigenvalue weighted by Crippen LogP contribution is 2.42. The molecule has 130 valence electrons. The number of benzene rings is 3. The summed E-state index contributed by atoms with van der Waals surface area (Å²) in [6.07, 6.45) is -0.695. The lowest BCUT2D eigenvalue weighted by molar-refractivity contribution is 0.0949. The van der Waals surface area contributed by atoms with Crippen LogP contribution in [0.1, 0.15) is 27.6 Å². The van der Waals surface area contributed by atoms with Gasteiger partial charge in [0.05, 0.1) is 5.56 Å². The van der Waals surface area contributed by atoms with Crippen LogP contribution in [0.15, 0.2) is 78.9 Å². The van der Waals surface area contributed by atoms with Crippen molar-refractivity contribution in [3.8, 4) is 5.75 Å². The van der Waals surface area contributed by atoms with Gasteiger partial charge in [-0.2, -0.15) is 0 Å². The molecule has 3 nitrogen and oxygen atoms in total. The van der Waals surface area contributed by atoms with Gasteiger partial charge >= 0.3 is 0 Å². The van der Waals surface area contributed by atoms with Crippen molar-refractivity contribution in [3.05, 3.63) is 101 Å². The minimum Gasteiger partial charge on any atom is -0.488 e. The van der Waals surface area contributed by atoms with Crippen molar-refractivity contribution in [3.63, 3.8) is 0 Å². The Kier molecular flexibility index (Phi) is 4.74. The van der Waals surface area contributed by atoms with Gasteiger partial charge in [-0.25, -0.2) is 0 Å². The summed E-state index contributed by atoms with van der Waals surface area (Å²) >= 11 is 6.11. The van der Waals surface area contributed by atoms with Gasteiger partial charge in [0.25, 0.3) is 0 Å². The minimum absolute atomic E-state index is 0.107. The molecule has 0 radical (unpaired) electrons. The number of epoxide rings is 1. The quantitative estimate of drug-likeness (QED) is 0.443. The summed E-state index contributed by atoms with van der Waals surface area (Å²) in [4.78, 5) is 12.9. The molecule has 1 aliphatic heterocycles. The van der Waals surface area contributed by atoms with E-state index in [1.165, 1.54) is 0 Å². The Morgan fingerprint density at radius 2 is 1.65 bits per heavy atom. The predicted octanol–water partition coefficient (Wildman–Crippen LogP) is 5.24. The van der Waals surface area contributed by atoms with Crippen LogP contribution < -0.4 is 4.74 Å². The van der Waals surface area contributed by atoms with Crippen molar-refractivity contribution >= 4 is 17.4 Å². The highest BCUT2D eigenvalue weighted by molar-refractivity contribution is 6.31. The van der Waals surface area contributed by atoms with E-state index >= 15 is 0 Å². The Labute approximate surface area is 157 Å². The molecule has 0 spiro atoms. The third-order valence-electron chi connectivity index (χ3n) is 4.32. The molecule has 0 saturated carbocycles. The summed E-state index contributed by atoms with van der Waals surface area (Å²) in [5.41, 5.74) is 2.49. The molecule has 1 fully saturated rings. The topological polar surface area (TPSA) is 38.8 Å². The monoisotopic (exact) mass is 364 g/mol. The number of hydrogen-bond donors (Lipinski definition) is 0. The molecule has 4 heteroatoms. The van der Waals surface area contributed by atoms with Crippen molar-refractivity contribution < 1.29 is 14.3 Å². The number of hydrogen-bond acceptors (Lipinski definition) is 3. The Hall–Kier alpha value is -2.62. The van der Waals surface area contributed by atoms with E-state index < -0.39 is 6.10 Å². The van der Waals surface area contributed by atoms with E-state index in [4.69, 9.17) is 21.1 Å². The van der Waals surface area contributed by atoms with Crippen LogP contribution >= 0.6 is 11.6 Å². The van der Waals surface area contributed by atoms with E-state index in [-0.39, 0.29) is 11.9 Å². The van der Waals surface area contributed by atoms with Crippen LogP contribution in [0.5, 0.6) is 5.75 Å². The van der Waals surface area contributed by atoms with Crippen molar-refractivity contribution in [2.24, 2.45) is 0 Å². The fourth-order valence-corrected chi connectivity index (χ4v) is 3.09. The van der Waals surface area contributed by atoms with E-state index in [9.17, 15) is 4.79 Å². The van der Waals surface area contributed by atoms with Crippen LogP contribution in [0.3, 0.4) is 0 Å². The molecule has 0 aromatic heterocycles. The number of carbonyl (C=O) groups excluding carboxylic acids is 1. The average molecular weight is 365 g/mol. The molecule has 1 aliphatic rings. The Balaban J connectivity index is 1.52. The molecular weight excluding hydrogens is 348 g/mol. The molecule has 4 rings (SSSR count). The molecular formula is C22H17ClO3. The summed E-state index contributed by atoms with van der Waals surface area (Å²) < 4.78 is 11.5. The highest BCUT2D eigenvalue weighted by Gasteiger charge is 2.46. The molecule has 0 amide bonds. The lowest BCUT2D eigenvalue weighted by Crippen LogP contribution is -2.11. The maximum atomic E-state index is 12.9. The van der Waals surface area contributed by atoms with E-state index in [1.54, 1.807) is 18.2 Å². The number of halogens is 1. The summed E-state index contributed by atoms with van der Waals surface area (Å²) in [6.45, 7) is 0.385. The largest absolute Gasteiger partial charge is 0.488 e. The Morgan fingerprint density at radius 1 is 0.962 bits per heavy atom. The maximum absolute atomic E-state index is 12.9. The van der Waals surface area contributed by atoms with E-state index in [0.29, 0.717) is 22.9 Å². The second-order valence-corrected chi connectivity index (χ2v) is 6.60. The second-order valence-electron chi connectivity index (χ2n) is 6.17. The normalized spacial score (nSPS) is 18.3. The molecule has 1 saturated heterocycles. The van der Waals surface area contributed by atoms with Crippen molar-refractivity contribution in [1.29, 1.82) is 0 Å². The van der Waals surface area contributed by atoms with Gasteiger partial charge in [0, 0.05) is 5.02 Å². The van der Waals surface area contributed by atoms with Crippen LogP contribution in [0.4, 0.5) is 0 Å². The molecule has 0 aliphatic carbocycles. The summed E-state index contributed by atoms with van der Waals surface area (Å²) in [5, 5.41) is 0.498. The van der Waals surface area contributed by atoms with Crippen LogP contribution in [-0.2, 0) is 11.3 Å². The van der Waals surface area contributed by atoms with Gasteiger partial charge in [0.1, 0.15) is 18.5 Å². The first-order chi connectivity index (χ1) is 12.7. The lowest BCUT2D eigenvalue weighted by atomic mass is 10.0. The van der Waals surface area contributed by atoms with Gasteiger partial charge in [-0.3, -0.25) is 4.79 Å². The van der Waals surface area contributed by atoms with E-state index in [1.807, 2.05) is 60.7 Å². The minimum atomic E-state index is -0.491. The van der Waals surface area contributed by atoms with Gasteiger partial charge < -0.3 is 9.47 Å². The fourth-order valence-electron chi connectivity index (χ4n) is 2.92. The zero-order valence-electron chi connectivity index (χ0n) is 14.0. The number of Topliss-reactive ketones (excluding diaryl/α,β-unsaturated/α-hetero) is 1. The first-order valence-corrected chi connectivity index (χ1v) is 8.81. The molecule has 3 aromatic rings. The van der Waals surface area contributed by atoms with Crippen molar-refractivity contribution in [1.82, 2.24) is 0 Å². The van der Waals surface area contributed by atoms with Gasteiger partial charge in [-0.1, -0.05) is 72.3 Å². The molecule has 26 heavy (non-hydrogen) atoms. The average Bonchev–Trinajstić information content (AvgIpc) is 3.49.